The molecule has 2 rings (SSSR count). The van der Waals surface area contributed by atoms with Crippen molar-refractivity contribution >= 4 is 29.9 Å². The second-order valence-corrected chi connectivity index (χ2v) is 6.33. The van der Waals surface area contributed by atoms with E-state index in [9.17, 15) is 0 Å². The number of hydrogen-bond acceptors (Lipinski definition) is 3. The number of benzene rings is 1. The molecule has 0 saturated heterocycles. The van der Waals surface area contributed by atoms with Gasteiger partial charge in [0.2, 0.25) is 0 Å². The molecule has 0 atom stereocenters. The number of fused-ring (bicyclic) bond motifs is 1. The van der Waals surface area contributed by atoms with Crippen LogP contribution in [-0.4, -0.2) is 69.2 Å². The third-order valence-corrected chi connectivity index (χ3v) is 4.40. The molecule has 1 aliphatic rings. The first-order valence-corrected chi connectivity index (χ1v) is 9.02. The lowest BCUT2D eigenvalue weighted by Crippen LogP contribution is -2.44. The molecule has 0 amide bonds. The molecule has 5 nitrogen and oxygen atoms in total. The predicted molar refractivity (Wildman–Crippen MR) is 116 cm³/mol. The Hall–Kier alpha value is -0.860. The second-order valence-electron chi connectivity index (χ2n) is 6.33. The molecule has 1 aliphatic heterocycles. The minimum Gasteiger partial charge on any atom is -0.383 e. The normalized spacial score (nSPS) is 14.2. The third-order valence-electron chi connectivity index (χ3n) is 4.40. The zero-order valence-corrected chi connectivity index (χ0v) is 18.2. The zero-order chi connectivity index (χ0) is 17.2. The molecule has 0 radical (unpaired) electrons. The summed E-state index contributed by atoms with van der Waals surface area (Å²) < 4.78 is 5.11. The maximum atomic E-state index is 5.11. The monoisotopic (exact) mass is 460 g/mol. The minimum atomic E-state index is 0. The average Bonchev–Trinajstić information content (AvgIpc) is 2.62. The topological polar surface area (TPSA) is 40.1 Å². The molecule has 6 heteroatoms. The van der Waals surface area contributed by atoms with Crippen LogP contribution in [0.25, 0.3) is 0 Å². The van der Waals surface area contributed by atoms with Gasteiger partial charge in [-0.15, -0.1) is 24.0 Å². The number of likely N-dealkylation sites (N-methyl/N-ethyl adjacent to an activating group) is 1. The van der Waals surface area contributed by atoms with E-state index >= 15 is 0 Å². The Labute approximate surface area is 169 Å². The van der Waals surface area contributed by atoms with E-state index in [2.05, 4.69) is 53.4 Å². The first-order valence-electron chi connectivity index (χ1n) is 9.02. The predicted octanol–water partition coefficient (Wildman–Crippen LogP) is 2.60. The van der Waals surface area contributed by atoms with Crippen LogP contribution in [0.2, 0.25) is 0 Å². The van der Waals surface area contributed by atoms with Crippen molar-refractivity contribution < 1.29 is 4.74 Å². The van der Waals surface area contributed by atoms with Crippen molar-refractivity contribution in [3.05, 3.63) is 35.4 Å². The zero-order valence-electron chi connectivity index (χ0n) is 15.8. The maximum Gasteiger partial charge on any atom is 0.194 e. The van der Waals surface area contributed by atoms with E-state index in [-0.39, 0.29) is 24.0 Å². The van der Waals surface area contributed by atoms with Crippen LogP contribution >= 0.6 is 24.0 Å². The van der Waals surface area contributed by atoms with Crippen LogP contribution < -0.4 is 5.32 Å². The molecular weight excluding hydrogens is 427 g/mol. The summed E-state index contributed by atoms with van der Waals surface area (Å²) in [7, 11) is 3.88. The standard InChI is InChI=1S/C19H32N4O.HI/c1-4-20-19(21-11-7-12-22(2)14-15-24-3)23-13-10-17-8-5-6-9-18(17)16-23;/h5-6,8-9H,4,7,10-16H2,1-3H3,(H,20,21);1H. The van der Waals surface area contributed by atoms with E-state index in [1.807, 2.05) is 0 Å². The number of nitrogens with zero attached hydrogens (tertiary/aromatic N) is 3. The summed E-state index contributed by atoms with van der Waals surface area (Å²) in [6, 6.07) is 8.73. The fourth-order valence-electron chi connectivity index (χ4n) is 2.99. The van der Waals surface area contributed by atoms with Crippen molar-refractivity contribution in [2.75, 3.05) is 53.5 Å². The molecule has 142 valence electrons. The summed E-state index contributed by atoms with van der Waals surface area (Å²) >= 11 is 0. The smallest absolute Gasteiger partial charge is 0.194 e. The molecule has 1 aromatic carbocycles. The number of methoxy groups -OCH3 is 1. The van der Waals surface area contributed by atoms with Gasteiger partial charge < -0.3 is 19.9 Å². The lowest BCUT2D eigenvalue weighted by Gasteiger charge is -2.31. The summed E-state index contributed by atoms with van der Waals surface area (Å²) in [5.41, 5.74) is 2.90. The molecule has 0 aromatic heterocycles. The number of guanidine groups is 1. The van der Waals surface area contributed by atoms with E-state index in [1.54, 1.807) is 7.11 Å². The van der Waals surface area contributed by atoms with Crippen LogP contribution in [0.5, 0.6) is 0 Å². The van der Waals surface area contributed by atoms with Gasteiger partial charge in [-0.3, -0.25) is 4.99 Å². The van der Waals surface area contributed by atoms with Crippen molar-refractivity contribution in [3.63, 3.8) is 0 Å². The maximum absolute atomic E-state index is 5.11. The van der Waals surface area contributed by atoms with E-state index in [0.717, 1.165) is 64.7 Å². The van der Waals surface area contributed by atoms with Gasteiger partial charge in [-0.25, -0.2) is 0 Å². The summed E-state index contributed by atoms with van der Waals surface area (Å²) in [4.78, 5) is 9.51. The Kier molecular flexibility index (Phi) is 11.1. The minimum absolute atomic E-state index is 0. The van der Waals surface area contributed by atoms with E-state index in [4.69, 9.17) is 9.73 Å². The molecule has 25 heavy (non-hydrogen) atoms. The average molecular weight is 460 g/mol. The fraction of sp³-hybridized carbons (Fsp3) is 0.632. The Bertz CT molecular complexity index is 524. The van der Waals surface area contributed by atoms with Gasteiger partial charge in [0.1, 0.15) is 0 Å². The molecular formula is C19H33IN4O. The van der Waals surface area contributed by atoms with Gasteiger partial charge >= 0.3 is 0 Å². The first kappa shape index (κ1) is 22.2. The van der Waals surface area contributed by atoms with Crippen LogP contribution in [0.3, 0.4) is 0 Å². The molecule has 0 unspecified atom stereocenters. The van der Waals surface area contributed by atoms with Crippen LogP contribution in [-0.2, 0) is 17.7 Å². The van der Waals surface area contributed by atoms with E-state index in [1.165, 1.54) is 11.1 Å². The number of halogens is 1. The van der Waals surface area contributed by atoms with Crippen molar-refractivity contribution in [1.29, 1.82) is 0 Å². The number of hydrogen-bond donors (Lipinski definition) is 1. The second kappa shape index (κ2) is 12.5. The molecule has 1 N–H and O–H groups in total. The largest absolute Gasteiger partial charge is 0.383 e. The highest BCUT2D eigenvalue weighted by molar-refractivity contribution is 14.0. The molecule has 0 aliphatic carbocycles. The van der Waals surface area contributed by atoms with Gasteiger partial charge in [0.15, 0.2) is 5.96 Å². The molecule has 0 fully saturated rings. The number of aliphatic imine (C=N–C) groups is 1. The van der Waals surface area contributed by atoms with Crippen LogP contribution in [0.1, 0.15) is 24.5 Å². The Balaban J connectivity index is 0.00000312. The Morgan fingerprint density at radius 3 is 2.76 bits per heavy atom. The fourth-order valence-corrected chi connectivity index (χ4v) is 2.99. The van der Waals surface area contributed by atoms with Crippen LogP contribution in [0.4, 0.5) is 0 Å². The Morgan fingerprint density at radius 2 is 2.04 bits per heavy atom. The van der Waals surface area contributed by atoms with Gasteiger partial charge in [-0.2, -0.15) is 0 Å². The lowest BCUT2D eigenvalue weighted by molar-refractivity contribution is 0.161. The highest BCUT2D eigenvalue weighted by Gasteiger charge is 2.18. The SMILES string of the molecule is CCNC(=NCCCN(C)CCOC)N1CCc2ccccc2C1.I. The quantitative estimate of drug-likeness (QED) is 0.280. The molecule has 1 heterocycles. The third kappa shape index (κ3) is 7.50. The van der Waals surface area contributed by atoms with Crippen molar-refractivity contribution in [3.8, 4) is 0 Å². The summed E-state index contributed by atoms with van der Waals surface area (Å²) in [6.07, 6.45) is 2.17. The summed E-state index contributed by atoms with van der Waals surface area (Å²) in [6.45, 7) is 8.70. The van der Waals surface area contributed by atoms with Crippen molar-refractivity contribution in [2.45, 2.75) is 26.3 Å². The van der Waals surface area contributed by atoms with Gasteiger partial charge in [0.25, 0.3) is 0 Å². The lowest BCUT2D eigenvalue weighted by atomic mass is 10.0. The van der Waals surface area contributed by atoms with Crippen LogP contribution in [0.15, 0.2) is 29.3 Å². The summed E-state index contributed by atoms with van der Waals surface area (Å²) in [5, 5.41) is 3.45. The number of rotatable bonds is 8. The molecule has 0 bridgehead atoms. The van der Waals surface area contributed by atoms with Crippen LogP contribution in [0, 0.1) is 0 Å². The molecule has 0 spiro atoms. The van der Waals surface area contributed by atoms with E-state index in [0.29, 0.717) is 0 Å². The van der Waals surface area contributed by atoms with Gasteiger partial charge in [0.05, 0.1) is 6.61 Å². The number of nitrogens with one attached hydrogen (secondary N) is 1. The van der Waals surface area contributed by atoms with Gasteiger partial charge in [0, 0.05) is 39.8 Å². The molecule has 1 aromatic rings. The van der Waals surface area contributed by atoms with Crippen molar-refractivity contribution in [1.82, 2.24) is 15.1 Å². The number of ether oxygens (including phenoxy) is 1. The van der Waals surface area contributed by atoms with Crippen molar-refractivity contribution in [2.24, 2.45) is 4.99 Å². The van der Waals surface area contributed by atoms with Gasteiger partial charge in [-0.1, -0.05) is 24.3 Å². The Morgan fingerprint density at radius 1 is 1.28 bits per heavy atom. The highest BCUT2D eigenvalue weighted by Crippen LogP contribution is 2.18. The van der Waals surface area contributed by atoms with Gasteiger partial charge in [-0.05, 0) is 44.5 Å². The highest BCUT2D eigenvalue weighted by atomic mass is 127. The summed E-state index contributed by atoms with van der Waals surface area (Å²) in [5.74, 6) is 1.05. The molecule has 0 saturated carbocycles. The first-order chi connectivity index (χ1) is 11.7. The van der Waals surface area contributed by atoms with E-state index < -0.39 is 0 Å².